The lowest BCUT2D eigenvalue weighted by Gasteiger charge is -2.59. The normalized spacial score (nSPS) is 35.8. The quantitative estimate of drug-likeness (QED) is 0.266. The first-order valence-corrected chi connectivity index (χ1v) is 5.88. The minimum atomic E-state index is -0.473. The lowest BCUT2D eigenvalue weighted by atomic mass is 9.35. The van der Waals surface area contributed by atoms with Crippen molar-refractivity contribution in [2.75, 3.05) is 0 Å². The molecule has 2 saturated heterocycles. The van der Waals surface area contributed by atoms with Gasteiger partial charge in [0.25, 0.3) is 0 Å². The molecule has 0 radical (unpaired) electrons. The van der Waals surface area contributed by atoms with Gasteiger partial charge in [0.1, 0.15) is 47.1 Å². The van der Waals surface area contributed by atoms with Crippen molar-refractivity contribution in [2.45, 2.75) is 22.0 Å². The van der Waals surface area contributed by atoms with Crippen molar-refractivity contribution in [3.63, 3.8) is 0 Å². The highest BCUT2D eigenvalue weighted by atomic mass is 16.3. The largest absolute Gasteiger partial charge is 0.435 e. The summed E-state index contributed by atoms with van der Waals surface area (Å²) in [5.74, 6) is -0.0271. The fourth-order valence-corrected chi connectivity index (χ4v) is 3.34. The minimum absolute atomic E-state index is 0.0271. The van der Waals surface area contributed by atoms with E-state index >= 15 is 0 Å². The van der Waals surface area contributed by atoms with E-state index in [1.54, 1.807) is 5.01 Å². The number of nitroso groups, excluding NO2 is 2. The first-order valence-electron chi connectivity index (χ1n) is 5.88. The lowest BCUT2D eigenvalue weighted by molar-refractivity contribution is 0.0827. The van der Waals surface area contributed by atoms with E-state index in [2.05, 4.69) is 15.2 Å². The average molecular weight is 225 g/mol. The maximum absolute atomic E-state index is 11.2. The summed E-state index contributed by atoms with van der Waals surface area (Å²) in [4.78, 5) is 24.2. The van der Waals surface area contributed by atoms with E-state index in [1.165, 1.54) is 0 Å². The van der Waals surface area contributed by atoms with Crippen molar-refractivity contribution < 1.29 is 0 Å². The third-order valence-corrected chi connectivity index (χ3v) is 4.91. The zero-order chi connectivity index (χ0) is 13.2. The van der Waals surface area contributed by atoms with Crippen LogP contribution in [0.2, 0.25) is 0 Å². The van der Waals surface area contributed by atoms with Crippen LogP contribution in [0.5, 0.6) is 0 Å². The molecule has 0 aliphatic carbocycles. The van der Waals surface area contributed by atoms with Gasteiger partial charge in [-0.1, -0.05) is 0 Å². The predicted molar refractivity (Wildman–Crippen MR) is 84.3 cm³/mol. The van der Waals surface area contributed by atoms with Crippen LogP contribution in [-0.2, 0) is 0 Å². The van der Waals surface area contributed by atoms with E-state index in [0.29, 0.717) is 0 Å². The Morgan fingerprint density at radius 1 is 1.00 bits per heavy atom. The van der Waals surface area contributed by atoms with Gasteiger partial charge in [-0.2, -0.15) is 4.91 Å². The molecule has 6 nitrogen and oxygen atoms in total. The van der Waals surface area contributed by atoms with Crippen LogP contribution in [0.15, 0.2) is 10.4 Å². The molecule has 0 N–H and O–H groups in total. The highest BCUT2D eigenvalue weighted by Gasteiger charge is 2.74. The van der Waals surface area contributed by atoms with Gasteiger partial charge in [-0.25, -0.2) is 0 Å². The van der Waals surface area contributed by atoms with E-state index in [4.69, 9.17) is 0 Å². The fourth-order valence-electron chi connectivity index (χ4n) is 3.34. The molecule has 82 valence electrons. The second kappa shape index (κ2) is 3.25. The molecule has 2 fully saturated rings. The van der Waals surface area contributed by atoms with Crippen molar-refractivity contribution in [1.82, 2.24) is 9.82 Å². The Kier molecular flexibility index (Phi) is 2.46. The van der Waals surface area contributed by atoms with E-state index in [9.17, 15) is 9.81 Å². The van der Waals surface area contributed by atoms with Crippen molar-refractivity contribution in [2.24, 2.45) is 10.4 Å². The molecular weight excluding hydrogens is 212 g/mol. The van der Waals surface area contributed by atoms with E-state index in [0.717, 1.165) is 0 Å². The molecule has 0 saturated carbocycles. The summed E-state index contributed by atoms with van der Waals surface area (Å²) in [6.07, 6.45) is 0. The van der Waals surface area contributed by atoms with Gasteiger partial charge in [-0.05, 0) is 5.34 Å². The smallest absolute Gasteiger partial charge is 0.325 e. The van der Waals surface area contributed by atoms with Gasteiger partial charge < -0.3 is 4.81 Å². The summed E-state index contributed by atoms with van der Waals surface area (Å²) in [6, 6.07) is 0. The summed E-state index contributed by atoms with van der Waals surface area (Å²) in [5.41, 5.74) is 0. The summed E-state index contributed by atoms with van der Waals surface area (Å²) in [5, 5.41) is 6.73. The fraction of sp³-hybridized carbons (Fsp3) is 1.00. The molecule has 2 aliphatic heterocycles. The Bertz CT molecular complexity index is 388. The number of hydrogen-bond donors (Lipinski definition) is 0. The molecule has 17 heavy (non-hydrogen) atoms. The molecular formula is C4H13B7N4O2. The van der Waals surface area contributed by atoms with Crippen LogP contribution < -0.4 is 0 Å². The standard InChI is InChI=1S/C4H13B7N4O2/c5-2(6)1-11(12-16)14(1)3(7,8)4(9,10)15(2)13-17/h1H,5-10H2. The van der Waals surface area contributed by atoms with E-state index in [1.807, 2.05) is 47.1 Å². The third-order valence-electron chi connectivity index (χ3n) is 4.91. The van der Waals surface area contributed by atoms with Crippen LogP contribution in [0, 0.1) is 9.81 Å². The third kappa shape index (κ3) is 1.29. The van der Waals surface area contributed by atoms with Crippen molar-refractivity contribution in [1.29, 1.82) is 0 Å². The number of nitrogens with zero attached hydrogens (tertiary/aromatic N) is 4. The monoisotopic (exact) mass is 226 g/mol. The second-order valence-corrected chi connectivity index (χ2v) is 6.54. The lowest BCUT2D eigenvalue weighted by Crippen LogP contribution is -2.79. The van der Waals surface area contributed by atoms with E-state index in [-0.39, 0.29) is 18.3 Å². The number of hydrogen-bond acceptors (Lipinski definition) is 5. The molecule has 0 amide bonds. The predicted octanol–water partition coefficient (Wildman–Crippen LogP) is -6.78. The number of fused-ring (bicyclic) bond motifs is 1. The van der Waals surface area contributed by atoms with E-state index < -0.39 is 10.7 Å². The SMILES string of the molecule is BC1(B)C2B(N=O)N2C(B)(B)C(B)(B)N1N=O. The van der Waals surface area contributed by atoms with Gasteiger partial charge in [0.2, 0.25) is 0 Å². The Morgan fingerprint density at radius 3 is 1.94 bits per heavy atom. The molecule has 0 spiro atoms. The second-order valence-electron chi connectivity index (χ2n) is 6.54. The van der Waals surface area contributed by atoms with Crippen molar-refractivity contribution in [3.8, 4) is 0 Å². The van der Waals surface area contributed by atoms with Crippen LogP contribution in [0.3, 0.4) is 0 Å². The summed E-state index contributed by atoms with van der Waals surface area (Å²) >= 11 is 0. The molecule has 2 unspecified atom stereocenters. The average Bonchev–Trinajstić information content (AvgIpc) is 2.91. The molecule has 13 heteroatoms. The van der Waals surface area contributed by atoms with Crippen LogP contribution in [0.1, 0.15) is 0 Å². The molecule has 2 aliphatic rings. The molecule has 0 aromatic heterocycles. The van der Waals surface area contributed by atoms with Gasteiger partial charge >= 0.3 is 6.98 Å². The highest BCUT2D eigenvalue weighted by molar-refractivity contribution is 6.74. The van der Waals surface area contributed by atoms with Crippen molar-refractivity contribution in [3.05, 3.63) is 9.81 Å². The number of piperazine rings is 1. The van der Waals surface area contributed by atoms with Gasteiger partial charge in [0, 0.05) is 16.6 Å². The number of rotatable bonds is 2. The van der Waals surface area contributed by atoms with Crippen LogP contribution in [0.25, 0.3) is 0 Å². The maximum atomic E-state index is 11.2. The molecule has 2 rings (SSSR count). The van der Waals surface area contributed by atoms with Crippen molar-refractivity contribution >= 4 is 54.1 Å². The van der Waals surface area contributed by atoms with Gasteiger partial charge in [-0.15, -0.1) is 9.99 Å². The van der Waals surface area contributed by atoms with Gasteiger partial charge in [-0.3, -0.25) is 5.01 Å². The molecule has 0 aromatic rings. The topological polar surface area (TPSA) is 65.1 Å². The van der Waals surface area contributed by atoms with Crippen LogP contribution in [-0.4, -0.2) is 85.8 Å². The Balaban J connectivity index is 2.52. The first-order chi connectivity index (χ1) is 7.64. The highest BCUT2D eigenvalue weighted by Crippen LogP contribution is 2.49. The molecule has 0 bridgehead atoms. The minimum Gasteiger partial charge on any atom is -0.325 e. The Labute approximate surface area is 106 Å². The summed E-state index contributed by atoms with van der Waals surface area (Å²) < 4.78 is 0. The summed E-state index contributed by atoms with van der Waals surface area (Å²) in [7, 11) is 11.9. The molecule has 2 heterocycles. The van der Waals surface area contributed by atoms with Gasteiger partial charge in [0.05, 0.1) is 5.29 Å². The van der Waals surface area contributed by atoms with Crippen LogP contribution in [0.4, 0.5) is 0 Å². The Morgan fingerprint density at radius 2 is 1.53 bits per heavy atom. The first kappa shape index (κ1) is 12.9. The maximum Gasteiger partial charge on any atom is 0.435 e. The summed E-state index contributed by atoms with van der Waals surface area (Å²) in [6.45, 7) is -0.342. The molecule has 0 aromatic carbocycles. The zero-order valence-corrected chi connectivity index (χ0v) is 11.3. The molecule has 2 atom stereocenters. The van der Waals surface area contributed by atoms with Crippen LogP contribution >= 0.6 is 0 Å². The van der Waals surface area contributed by atoms with Gasteiger partial charge in [0.15, 0.2) is 0 Å². The Hall–Kier alpha value is -0.585. The zero-order valence-electron chi connectivity index (χ0n) is 11.3.